The maximum absolute atomic E-state index is 13.6. The molecule has 1 fully saturated rings. The van der Waals surface area contributed by atoms with E-state index in [0.29, 0.717) is 12.2 Å². The molecule has 0 saturated carbocycles. The first kappa shape index (κ1) is 25.9. The third kappa shape index (κ3) is 6.89. The summed E-state index contributed by atoms with van der Waals surface area (Å²) in [7, 11) is -4.02. The van der Waals surface area contributed by atoms with Gasteiger partial charge in [-0.25, -0.2) is 9.36 Å². The van der Waals surface area contributed by atoms with Crippen LogP contribution in [0.4, 0.5) is 0 Å². The van der Waals surface area contributed by atoms with Crippen molar-refractivity contribution in [1.29, 1.82) is 0 Å². The predicted molar refractivity (Wildman–Crippen MR) is 123 cm³/mol. The zero-order valence-corrected chi connectivity index (χ0v) is 20.4. The van der Waals surface area contributed by atoms with Crippen molar-refractivity contribution in [2.75, 3.05) is 6.61 Å². The summed E-state index contributed by atoms with van der Waals surface area (Å²) in [6.07, 6.45) is 0.408. The van der Waals surface area contributed by atoms with Gasteiger partial charge in [0.25, 0.3) is 5.56 Å². The Morgan fingerprint density at radius 1 is 1.24 bits per heavy atom. The molecule has 11 nitrogen and oxygen atoms in total. The van der Waals surface area contributed by atoms with Gasteiger partial charge >= 0.3 is 19.4 Å². The van der Waals surface area contributed by atoms with Crippen LogP contribution < -0.4 is 20.9 Å². The van der Waals surface area contributed by atoms with Crippen molar-refractivity contribution in [2.24, 2.45) is 5.92 Å². The van der Waals surface area contributed by atoms with Gasteiger partial charge in [-0.15, -0.1) is 0 Å². The molecule has 2 aromatic rings. The number of aromatic nitrogens is 2. The average Bonchev–Trinajstić information content (AvgIpc) is 3.13. The number of para-hydroxylation sites is 1. The largest absolute Gasteiger partial charge is 0.462 e. The van der Waals surface area contributed by atoms with E-state index in [1.807, 2.05) is 6.92 Å². The lowest BCUT2D eigenvalue weighted by molar-refractivity contribution is -0.149. The van der Waals surface area contributed by atoms with E-state index in [1.165, 1.54) is 23.8 Å². The number of benzene rings is 1. The highest BCUT2D eigenvalue weighted by Crippen LogP contribution is 2.46. The highest BCUT2D eigenvalue weighted by molar-refractivity contribution is 7.52. The Labute approximate surface area is 197 Å². The second kappa shape index (κ2) is 11.1. The van der Waals surface area contributed by atoms with E-state index in [0.717, 1.165) is 0 Å². The molecular formula is C22H30N3O8P. The van der Waals surface area contributed by atoms with Crippen molar-refractivity contribution in [3.05, 3.63) is 63.4 Å². The van der Waals surface area contributed by atoms with Crippen molar-refractivity contribution in [1.82, 2.24) is 14.6 Å². The first-order chi connectivity index (χ1) is 16.1. The highest BCUT2D eigenvalue weighted by atomic mass is 31.2. The lowest BCUT2D eigenvalue weighted by Crippen LogP contribution is -2.36. The van der Waals surface area contributed by atoms with Gasteiger partial charge in [0.15, 0.2) is 0 Å². The van der Waals surface area contributed by atoms with E-state index >= 15 is 0 Å². The van der Waals surface area contributed by atoms with Crippen LogP contribution in [-0.2, 0) is 23.4 Å². The van der Waals surface area contributed by atoms with Gasteiger partial charge < -0.3 is 14.0 Å². The molecule has 1 aromatic carbocycles. The van der Waals surface area contributed by atoms with Crippen molar-refractivity contribution < 1.29 is 27.9 Å². The van der Waals surface area contributed by atoms with Crippen LogP contribution in [0.15, 0.2) is 52.2 Å². The highest BCUT2D eigenvalue weighted by Gasteiger charge is 2.38. The van der Waals surface area contributed by atoms with Crippen LogP contribution in [0.25, 0.3) is 0 Å². The topological polar surface area (TPSA) is 138 Å². The fourth-order valence-electron chi connectivity index (χ4n) is 3.51. The summed E-state index contributed by atoms with van der Waals surface area (Å²) >= 11 is 0. The molecule has 1 aliphatic rings. The van der Waals surface area contributed by atoms with Crippen molar-refractivity contribution in [3.8, 4) is 5.75 Å². The van der Waals surface area contributed by atoms with E-state index < -0.39 is 43.3 Å². The van der Waals surface area contributed by atoms with Crippen molar-refractivity contribution in [2.45, 2.75) is 58.6 Å². The van der Waals surface area contributed by atoms with E-state index in [2.05, 4.69) is 10.1 Å². The summed E-state index contributed by atoms with van der Waals surface area (Å²) in [6, 6.07) is 8.71. The third-order valence-corrected chi connectivity index (χ3v) is 6.68. The average molecular weight is 495 g/mol. The number of carbonyl (C=O) groups excluding carboxylic acids is 1. The molecule has 3 rings (SSSR count). The summed E-state index contributed by atoms with van der Waals surface area (Å²) in [4.78, 5) is 37.9. The number of aromatic amines is 1. The fourth-order valence-corrected chi connectivity index (χ4v) is 5.03. The summed E-state index contributed by atoms with van der Waals surface area (Å²) < 4.78 is 37.3. The molecule has 1 aromatic heterocycles. The molecule has 2 heterocycles. The van der Waals surface area contributed by atoms with Gasteiger partial charge in [0, 0.05) is 18.2 Å². The van der Waals surface area contributed by atoms with Gasteiger partial charge in [-0.2, -0.15) is 5.09 Å². The molecule has 2 N–H and O–H groups in total. The third-order valence-electron chi connectivity index (χ3n) is 5.04. The molecule has 0 bridgehead atoms. The maximum atomic E-state index is 13.6. The predicted octanol–water partition coefficient (Wildman–Crippen LogP) is 2.59. The first-order valence-electron chi connectivity index (χ1n) is 11.0. The molecule has 34 heavy (non-hydrogen) atoms. The molecule has 1 aliphatic heterocycles. The van der Waals surface area contributed by atoms with E-state index in [-0.39, 0.29) is 18.6 Å². The van der Waals surface area contributed by atoms with E-state index in [1.54, 1.807) is 44.2 Å². The maximum Gasteiger partial charge on any atom is 0.459 e. The molecule has 186 valence electrons. The number of carbonyl (C=O) groups is 1. The normalized spacial score (nSPS) is 22.8. The molecular weight excluding hydrogens is 465 g/mol. The molecule has 0 radical (unpaired) electrons. The smallest absolute Gasteiger partial charge is 0.459 e. The number of hydrogen-bond donors (Lipinski definition) is 2. The fraction of sp³-hybridized carbons (Fsp3) is 0.500. The molecule has 0 unspecified atom stereocenters. The summed E-state index contributed by atoms with van der Waals surface area (Å²) in [5, 5.41) is 2.63. The minimum Gasteiger partial charge on any atom is -0.462 e. The molecule has 0 amide bonds. The number of nitrogens with zero attached hydrogens (tertiary/aromatic N) is 1. The van der Waals surface area contributed by atoms with Gasteiger partial charge in [0.2, 0.25) is 0 Å². The summed E-state index contributed by atoms with van der Waals surface area (Å²) in [5.74, 6) is -0.389. The van der Waals surface area contributed by atoms with Crippen LogP contribution in [0, 0.1) is 5.92 Å². The lowest BCUT2D eigenvalue weighted by atomic mass is 10.1. The Kier molecular flexibility index (Phi) is 8.48. The van der Waals surface area contributed by atoms with E-state index in [4.69, 9.17) is 18.5 Å². The van der Waals surface area contributed by atoms with Gasteiger partial charge in [-0.3, -0.25) is 23.7 Å². The molecule has 5 atom stereocenters. The Bertz CT molecular complexity index is 1130. The lowest BCUT2D eigenvalue weighted by Gasteiger charge is -2.24. The standard InChI is InChI=1S/C22H30N3O8P/c1-14(2)31-21(27)16(4)24-34(29,33-17-8-6-5-7-9-17)30-13-18-12-15(3)20(32-18)25-11-10-19(26)23-22(25)28/h5-11,14-16,18,20H,12-13H2,1-4H3,(H,24,29)(H,23,26,28)/t15-,16-,18-,20+,34-/m0/s1. The van der Waals surface area contributed by atoms with Crippen LogP contribution in [0.5, 0.6) is 5.75 Å². The van der Waals surface area contributed by atoms with Crippen LogP contribution in [0.1, 0.15) is 40.3 Å². The second-order valence-corrected chi connectivity index (χ2v) is 10.1. The minimum atomic E-state index is -4.02. The second-order valence-electron chi connectivity index (χ2n) is 8.41. The Hall–Kier alpha value is -2.72. The number of esters is 1. The molecule has 12 heteroatoms. The first-order valence-corrected chi connectivity index (χ1v) is 12.5. The number of rotatable bonds is 10. The van der Waals surface area contributed by atoms with Gasteiger partial charge in [0.05, 0.1) is 18.8 Å². The molecule has 0 spiro atoms. The van der Waals surface area contributed by atoms with Gasteiger partial charge in [-0.05, 0) is 39.3 Å². The quantitative estimate of drug-likeness (QED) is 0.376. The van der Waals surface area contributed by atoms with Crippen molar-refractivity contribution in [3.63, 3.8) is 0 Å². The monoisotopic (exact) mass is 495 g/mol. The van der Waals surface area contributed by atoms with Crippen molar-refractivity contribution >= 4 is 13.7 Å². The van der Waals surface area contributed by atoms with Crippen LogP contribution in [0.2, 0.25) is 0 Å². The van der Waals surface area contributed by atoms with Crippen LogP contribution in [-0.4, -0.2) is 40.4 Å². The number of nitrogens with one attached hydrogen (secondary N) is 2. The van der Waals surface area contributed by atoms with Gasteiger partial charge in [0.1, 0.15) is 18.0 Å². The van der Waals surface area contributed by atoms with E-state index in [9.17, 15) is 18.9 Å². The molecule has 0 aliphatic carbocycles. The summed E-state index contributed by atoms with van der Waals surface area (Å²) in [6.45, 7) is 6.70. The zero-order valence-electron chi connectivity index (χ0n) is 19.5. The zero-order chi connectivity index (χ0) is 24.9. The number of hydrogen-bond acceptors (Lipinski definition) is 8. The minimum absolute atomic E-state index is 0.0838. The Morgan fingerprint density at radius 3 is 2.59 bits per heavy atom. The van der Waals surface area contributed by atoms with Crippen LogP contribution in [0.3, 0.4) is 0 Å². The summed E-state index contributed by atoms with van der Waals surface area (Å²) in [5.41, 5.74) is -1.08. The number of H-pyrrole nitrogens is 1. The SMILES string of the molecule is CC(C)OC(=O)[C@H](C)N[P@](=O)(OC[C@@H]1C[C@H](C)[C@H](n2ccc(=O)[nH]c2=O)O1)Oc1ccccc1. The Balaban J connectivity index is 1.71. The number of ether oxygens (including phenoxy) is 2. The molecule has 1 saturated heterocycles. The Morgan fingerprint density at radius 2 is 1.94 bits per heavy atom. The van der Waals surface area contributed by atoms with Gasteiger partial charge in [-0.1, -0.05) is 25.1 Å². The van der Waals surface area contributed by atoms with Crippen LogP contribution >= 0.6 is 7.75 Å².